The van der Waals surface area contributed by atoms with E-state index in [1.807, 2.05) is 12.1 Å². The Hall–Kier alpha value is -2.69. The highest BCUT2D eigenvalue weighted by atomic mass is 32.2. The standard InChI is InChI=1S/C19H19N3O3S/c20-12-15-4-2-6-18(11-15)26(24,25)22-8-7-16(13-22)9-14-3-1-5-17(10-14)19(21)23/h1-6,10-11,16H,7-9,13H2,(H2,21,23). The molecule has 2 aromatic rings. The third-order valence-corrected chi connectivity index (χ3v) is 6.45. The van der Waals surface area contributed by atoms with Gasteiger partial charge >= 0.3 is 0 Å². The second-order valence-corrected chi connectivity index (χ2v) is 8.36. The normalized spacial score (nSPS) is 17.7. The van der Waals surface area contributed by atoms with E-state index in [0.29, 0.717) is 30.6 Å². The van der Waals surface area contributed by atoms with Crippen LogP contribution in [0.4, 0.5) is 0 Å². The molecule has 0 radical (unpaired) electrons. The number of hydrogen-bond donors (Lipinski definition) is 1. The second-order valence-electron chi connectivity index (χ2n) is 6.43. The van der Waals surface area contributed by atoms with E-state index >= 15 is 0 Å². The summed E-state index contributed by atoms with van der Waals surface area (Å²) in [5.41, 5.74) is 7.06. The molecule has 1 atom stereocenters. The van der Waals surface area contributed by atoms with Crippen molar-refractivity contribution in [2.45, 2.75) is 17.7 Å². The summed E-state index contributed by atoms with van der Waals surface area (Å²) in [6.07, 6.45) is 1.43. The zero-order chi connectivity index (χ0) is 18.7. The number of primary amides is 1. The second kappa shape index (κ2) is 7.28. The Balaban J connectivity index is 1.73. The summed E-state index contributed by atoms with van der Waals surface area (Å²) in [5, 5.41) is 8.97. The summed E-state index contributed by atoms with van der Waals surface area (Å²) in [5.74, 6) is -0.299. The molecule has 0 spiro atoms. The van der Waals surface area contributed by atoms with Crippen molar-refractivity contribution in [1.82, 2.24) is 4.31 Å². The number of sulfonamides is 1. The van der Waals surface area contributed by atoms with Gasteiger partial charge in [-0.3, -0.25) is 4.79 Å². The maximum absolute atomic E-state index is 12.8. The zero-order valence-corrected chi connectivity index (χ0v) is 14.9. The molecule has 26 heavy (non-hydrogen) atoms. The third-order valence-electron chi connectivity index (χ3n) is 4.59. The number of hydrogen-bond acceptors (Lipinski definition) is 4. The fourth-order valence-corrected chi connectivity index (χ4v) is 4.82. The quantitative estimate of drug-likeness (QED) is 0.869. The minimum atomic E-state index is -3.61. The first-order chi connectivity index (χ1) is 12.4. The lowest BCUT2D eigenvalue weighted by Gasteiger charge is -2.17. The molecule has 1 fully saturated rings. The minimum absolute atomic E-state index is 0.146. The molecular weight excluding hydrogens is 350 g/mol. The van der Waals surface area contributed by atoms with E-state index in [-0.39, 0.29) is 10.8 Å². The number of nitrogens with zero attached hydrogens (tertiary/aromatic N) is 2. The van der Waals surface area contributed by atoms with E-state index in [2.05, 4.69) is 0 Å². The summed E-state index contributed by atoms with van der Waals surface area (Å²) in [6, 6.07) is 15.2. The highest BCUT2D eigenvalue weighted by Crippen LogP contribution is 2.27. The van der Waals surface area contributed by atoms with Crippen molar-refractivity contribution in [3.05, 3.63) is 65.2 Å². The number of rotatable bonds is 5. The van der Waals surface area contributed by atoms with Crippen molar-refractivity contribution in [2.24, 2.45) is 11.7 Å². The molecule has 2 N–H and O–H groups in total. The van der Waals surface area contributed by atoms with Crippen LogP contribution >= 0.6 is 0 Å². The van der Waals surface area contributed by atoms with Gasteiger partial charge in [0.25, 0.3) is 0 Å². The van der Waals surface area contributed by atoms with Gasteiger partial charge in [0.1, 0.15) is 0 Å². The maximum atomic E-state index is 12.8. The summed E-state index contributed by atoms with van der Waals surface area (Å²) in [4.78, 5) is 11.4. The van der Waals surface area contributed by atoms with Crippen LogP contribution in [0.5, 0.6) is 0 Å². The number of carbonyl (C=O) groups is 1. The van der Waals surface area contributed by atoms with Gasteiger partial charge in [0.2, 0.25) is 15.9 Å². The van der Waals surface area contributed by atoms with E-state index in [0.717, 1.165) is 12.0 Å². The van der Waals surface area contributed by atoms with Gasteiger partial charge in [-0.1, -0.05) is 18.2 Å². The Morgan fingerprint density at radius 3 is 2.73 bits per heavy atom. The summed E-state index contributed by atoms with van der Waals surface area (Å²) < 4.78 is 27.1. The molecule has 0 aliphatic carbocycles. The van der Waals surface area contributed by atoms with E-state index in [1.54, 1.807) is 30.3 Å². The molecule has 3 rings (SSSR count). The van der Waals surface area contributed by atoms with Crippen LogP contribution < -0.4 is 5.73 Å². The number of nitrogens with two attached hydrogens (primary N) is 1. The molecule has 1 amide bonds. The Bertz CT molecular complexity index is 980. The molecule has 2 aromatic carbocycles. The van der Waals surface area contributed by atoms with Gasteiger partial charge in [0.05, 0.1) is 16.5 Å². The topological polar surface area (TPSA) is 104 Å². The lowest BCUT2D eigenvalue weighted by molar-refractivity contribution is 0.1000. The fourth-order valence-electron chi connectivity index (χ4n) is 3.24. The average molecular weight is 369 g/mol. The van der Waals surface area contributed by atoms with Crippen LogP contribution in [0.25, 0.3) is 0 Å². The molecule has 134 valence electrons. The minimum Gasteiger partial charge on any atom is -0.366 e. The van der Waals surface area contributed by atoms with Crippen molar-refractivity contribution in [3.8, 4) is 6.07 Å². The molecule has 1 aliphatic heterocycles. The van der Waals surface area contributed by atoms with Crippen molar-refractivity contribution in [1.29, 1.82) is 5.26 Å². The van der Waals surface area contributed by atoms with Gasteiger partial charge in [0, 0.05) is 18.7 Å². The number of carbonyl (C=O) groups excluding carboxylic acids is 1. The first kappa shape index (κ1) is 18.1. The van der Waals surface area contributed by atoms with Crippen molar-refractivity contribution < 1.29 is 13.2 Å². The van der Waals surface area contributed by atoms with Crippen LogP contribution in [0.2, 0.25) is 0 Å². The predicted molar refractivity (Wildman–Crippen MR) is 96.7 cm³/mol. The molecule has 1 saturated heterocycles. The Labute approximate surface area is 152 Å². The van der Waals surface area contributed by atoms with Gasteiger partial charge in [0.15, 0.2) is 0 Å². The van der Waals surface area contributed by atoms with Gasteiger partial charge < -0.3 is 5.73 Å². The molecule has 0 aromatic heterocycles. The highest BCUT2D eigenvalue weighted by molar-refractivity contribution is 7.89. The molecular formula is C19H19N3O3S. The molecule has 0 saturated carbocycles. The monoisotopic (exact) mass is 369 g/mol. The molecule has 6 nitrogen and oxygen atoms in total. The van der Waals surface area contributed by atoms with Crippen LogP contribution in [0.15, 0.2) is 53.4 Å². The maximum Gasteiger partial charge on any atom is 0.248 e. The smallest absolute Gasteiger partial charge is 0.248 e. The summed E-state index contributed by atoms with van der Waals surface area (Å²) >= 11 is 0. The van der Waals surface area contributed by atoms with Crippen LogP contribution in [0, 0.1) is 17.2 Å². The van der Waals surface area contributed by atoms with Crippen LogP contribution in [-0.4, -0.2) is 31.7 Å². The number of benzene rings is 2. The average Bonchev–Trinajstić information content (AvgIpc) is 3.11. The van der Waals surface area contributed by atoms with Crippen molar-refractivity contribution >= 4 is 15.9 Å². The van der Waals surface area contributed by atoms with E-state index in [4.69, 9.17) is 11.0 Å². The Kier molecular flexibility index (Phi) is 5.07. The predicted octanol–water partition coefficient (Wildman–Crippen LogP) is 1.91. The fraction of sp³-hybridized carbons (Fsp3) is 0.263. The largest absolute Gasteiger partial charge is 0.366 e. The lowest BCUT2D eigenvalue weighted by Crippen LogP contribution is -2.29. The van der Waals surface area contributed by atoms with Crippen LogP contribution in [0.3, 0.4) is 0 Å². The molecule has 1 aliphatic rings. The summed E-state index contributed by atoms with van der Waals surface area (Å²) in [7, 11) is -3.61. The van der Waals surface area contributed by atoms with E-state index < -0.39 is 15.9 Å². The first-order valence-corrected chi connectivity index (χ1v) is 9.73. The van der Waals surface area contributed by atoms with E-state index in [1.165, 1.54) is 16.4 Å². The van der Waals surface area contributed by atoms with E-state index in [9.17, 15) is 13.2 Å². The third kappa shape index (κ3) is 3.77. The van der Waals surface area contributed by atoms with Crippen molar-refractivity contribution in [2.75, 3.05) is 13.1 Å². The molecule has 0 bridgehead atoms. The number of nitriles is 1. The molecule has 1 heterocycles. The van der Waals surface area contributed by atoms with Crippen LogP contribution in [-0.2, 0) is 16.4 Å². The summed E-state index contributed by atoms with van der Waals surface area (Å²) in [6.45, 7) is 0.860. The highest BCUT2D eigenvalue weighted by Gasteiger charge is 2.32. The SMILES string of the molecule is N#Cc1cccc(S(=O)(=O)N2CCC(Cc3cccc(C(N)=O)c3)C2)c1. The first-order valence-electron chi connectivity index (χ1n) is 8.29. The Morgan fingerprint density at radius 1 is 1.23 bits per heavy atom. The van der Waals surface area contributed by atoms with Gasteiger partial charge in [-0.15, -0.1) is 0 Å². The van der Waals surface area contributed by atoms with Gasteiger partial charge in [-0.05, 0) is 54.7 Å². The van der Waals surface area contributed by atoms with Gasteiger partial charge in [-0.25, -0.2) is 8.42 Å². The Morgan fingerprint density at radius 2 is 2.00 bits per heavy atom. The lowest BCUT2D eigenvalue weighted by atomic mass is 9.97. The van der Waals surface area contributed by atoms with Crippen molar-refractivity contribution in [3.63, 3.8) is 0 Å². The number of amides is 1. The zero-order valence-electron chi connectivity index (χ0n) is 14.1. The van der Waals surface area contributed by atoms with Gasteiger partial charge in [-0.2, -0.15) is 9.57 Å². The van der Waals surface area contributed by atoms with Crippen LogP contribution in [0.1, 0.15) is 27.9 Å². The molecule has 1 unspecified atom stereocenters. The molecule has 7 heteroatoms.